The van der Waals surface area contributed by atoms with E-state index in [4.69, 9.17) is 18.9 Å². The molecule has 0 unspecified atom stereocenters. The molecule has 3 aromatic carbocycles. The number of nitriles is 1. The van der Waals surface area contributed by atoms with Crippen LogP contribution in [0.2, 0.25) is 0 Å². The molecule has 0 aromatic heterocycles. The molecular formula is C26H24N2O6. The zero-order valence-electron chi connectivity index (χ0n) is 19.1. The quantitative estimate of drug-likeness (QED) is 0.167. The lowest BCUT2D eigenvalue weighted by Gasteiger charge is -2.13. The van der Waals surface area contributed by atoms with E-state index in [1.165, 1.54) is 12.1 Å². The van der Waals surface area contributed by atoms with Gasteiger partial charge in [-0.2, -0.15) is 5.26 Å². The van der Waals surface area contributed by atoms with Crippen LogP contribution in [-0.4, -0.2) is 25.7 Å². The summed E-state index contributed by atoms with van der Waals surface area (Å²) in [7, 11) is 3.10. The van der Waals surface area contributed by atoms with Gasteiger partial charge in [0.1, 0.15) is 6.61 Å². The van der Waals surface area contributed by atoms with Crippen LogP contribution in [0.25, 0.3) is 11.6 Å². The number of methoxy groups -OCH3 is 2. The highest BCUT2D eigenvalue weighted by Gasteiger charge is 2.11. The predicted molar refractivity (Wildman–Crippen MR) is 128 cm³/mol. The molecule has 8 heteroatoms. The Labute approximate surface area is 197 Å². The number of allylic oxidation sites excluding steroid dienone is 1. The maximum absolute atomic E-state index is 10.8. The van der Waals surface area contributed by atoms with Crippen molar-refractivity contribution in [1.82, 2.24) is 0 Å². The average molecular weight is 460 g/mol. The van der Waals surface area contributed by atoms with Crippen molar-refractivity contribution in [1.29, 1.82) is 5.26 Å². The highest BCUT2D eigenvalue weighted by molar-refractivity contribution is 5.90. The average Bonchev–Trinajstić information content (AvgIpc) is 2.86. The molecule has 0 saturated heterocycles. The first-order chi connectivity index (χ1) is 16.5. The number of rotatable bonds is 10. The Morgan fingerprint density at radius 1 is 0.941 bits per heavy atom. The summed E-state index contributed by atoms with van der Waals surface area (Å²) in [5.41, 5.74) is 2.71. The molecular weight excluding hydrogens is 436 g/mol. The molecule has 0 atom stereocenters. The molecule has 3 aromatic rings. The zero-order chi connectivity index (χ0) is 24.5. The second kappa shape index (κ2) is 11.4. The van der Waals surface area contributed by atoms with Gasteiger partial charge >= 0.3 is 0 Å². The minimum atomic E-state index is -0.443. The summed E-state index contributed by atoms with van der Waals surface area (Å²) in [6, 6.07) is 19.1. The van der Waals surface area contributed by atoms with E-state index in [1.807, 2.05) is 13.0 Å². The third kappa shape index (κ3) is 5.84. The second-order valence-electron chi connectivity index (χ2n) is 7.09. The number of nitrogens with zero attached hydrogens (tertiary/aromatic N) is 2. The van der Waals surface area contributed by atoms with E-state index in [0.717, 1.165) is 11.1 Å². The summed E-state index contributed by atoms with van der Waals surface area (Å²) in [6.45, 7) is 2.52. The first kappa shape index (κ1) is 24.1. The van der Waals surface area contributed by atoms with Crippen LogP contribution in [-0.2, 0) is 6.61 Å². The SMILES string of the molecule is CCOc1cc(/C=C(\C#N)c2ccc(OC)c(OC)c2)ccc1OCc1ccc([N+](=O)[O-])cc1. The number of nitro benzene ring substituents is 1. The van der Waals surface area contributed by atoms with Gasteiger partial charge in [0, 0.05) is 12.1 Å². The van der Waals surface area contributed by atoms with Crippen LogP contribution in [0.1, 0.15) is 23.6 Å². The smallest absolute Gasteiger partial charge is 0.269 e. The third-order valence-corrected chi connectivity index (χ3v) is 4.94. The summed E-state index contributed by atoms with van der Waals surface area (Å²) < 4.78 is 22.2. The second-order valence-corrected chi connectivity index (χ2v) is 7.09. The van der Waals surface area contributed by atoms with Crippen molar-refractivity contribution in [2.45, 2.75) is 13.5 Å². The lowest BCUT2D eigenvalue weighted by molar-refractivity contribution is -0.384. The number of nitro groups is 1. The predicted octanol–water partition coefficient (Wildman–Crippen LogP) is 5.65. The Kier molecular flexibility index (Phi) is 8.08. The number of hydrogen-bond acceptors (Lipinski definition) is 7. The zero-order valence-corrected chi connectivity index (χ0v) is 19.1. The van der Waals surface area contributed by atoms with Crippen LogP contribution in [0, 0.1) is 21.4 Å². The van der Waals surface area contributed by atoms with Gasteiger partial charge in [-0.15, -0.1) is 0 Å². The molecule has 0 N–H and O–H groups in total. The summed E-state index contributed by atoms with van der Waals surface area (Å²) in [5.74, 6) is 2.17. The van der Waals surface area contributed by atoms with E-state index in [0.29, 0.717) is 40.7 Å². The third-order valence-electron chi connectivity index (χ3n) is 4.94. The van der Waals surface area contributed by atoms with E-state index in [2.05, 4.69) is 6.07 Å². The molecule has 0 amide bonds. The minimum Gasteiger partial charge on any atom is -0.493 e. The van der Waals surface area contributed by atoms with E-state index in [1.54, 1.807) is 62.8 Å². The lowest BCUT2D eigenvalue weighted by Crippen LogP contribution is -2.00. The van der Waals surface area contributed by atoms with Gasteiger partial charge in [-0.05, 0) is 72.2 Å². The van der Waals surface area contributed by atoms with Crippen molar-refractivity contribution in [3.8, 4) is 29.1 Å². The molecule has 8 nitrogen and oxygen atoms in total. The van der Waals surface area contributed by atoms with Crippen molar-refractivity contribution >= 4 is 17.3 Å². The molecule has 174 valence electrons. The standard InChI is InChI=1S/C26H24N2O6/c1-4-33-26-14-19(13-21(16-27)20-8-12-23(31-2)25(15-20)32-3)7-11-24(26)34-17-18-5-9-22(10-6-18)28(29)30/h5-15H,4,17H2,1-3H3/b21-13+. The highest BCUT2D eigenvalue weighted by atomic mass is 16.6. The van der Waals surface area contributed by atoms with Crippen LogP contribution in [0.15, 0.2) is 60.7 Å². The van der Waals surface area contributed by atoms with E-state index in [9.17, 15) is 15.4 Å². The first-order valence-corrected chi connectivity index (χ1v) is 10.5. The molecule has 0 fully saturated rings. The molecule has 0 aliphatic carbocycles. The maximum Gasteiger partial charge on any atom is 0.269 e. The summed E-state index contributed by atoms with van der Waals surface area (Å²) in [6.07, 6.45) is 1.75. The highest BCUT2D eigenvalue weighted by Crippen LogP contribution is 2.33. The van der Waals surface area contributed by atoms with E-state index in [-0.39, 0.29) is 12.3 Å². The molecule has 0 bridgehead atoms. The van der Waals surface area contributed by atoms with Gasteiger partial charge in [0.05, 0.1) is 37.4 Å². The number of benzene rings is 3. The first-order valence-electron chi connectivity index (χ1n) is 10.5. The van der Waals surface area contributed by atoms with Gasteiger partial charge in [-0.3, -0.25) is 10.1 Å². The summed E-state index contributed by atoms with van der Waals surface area (Å²) >= 11 is 0. The van der Waals surface area contributed by atoms with Crippen LogP contribution in [0.3, 0.4) is 0 Å². The van der Waals surface area contributed by atoms with Gasteiger partial charge in [0.2, 0.25) is 0 Å². The fourth-order valence-electron chi connectivity index (χ4n) is 3.23. The summed E-state index contributed by atoms with van der Waals surface area (Å²) in [4.78, 5) is 10.4. The Bertz CT molecular complexity index is 1230. The summed E-state index contributed by atoms with van der Waals surface area (Å²) in [5, 5.41) is 20.5. The van der Waals surface area contributed by atoms with Crippen LogP contribution in [0.5, 0.6) is 23.0 Å². The van der Waals surface area contributed by atoms with Crippen molar-refractivity contribution in [3.63, 3.8) is 0 Å². The molecule has 0 spiro atoms. The fourth-order valence-corrected chi connectivity index (χ4v) is 3.23. The topological polar surface area (TPSA) is 104 Å². The van der Waals surface area contributed by atoms with Gasteiger partial charge in [-0.25, -0.2) is 0 Å². The molecule has 0 heterocycles. The molecule has 0 radical (unpaired) electrons. The van der Waals surface area contributed by atoms with Gasteiger partial charge in [-0.1, -0.05) is 6.07 Å². The van der Waals surface area contributed by atoms with Crippen LogP contribution < -0.4 is 18.9 Å². The monoisotopic (exact) mass is 460 g/mol. The van der Waals surface area contributed by atoms with Gasteiger partial charge < -0.3 is 18.9 Å². The minimum absolute atomic E-state index is 0.0256. The largest absolute Gasteiger partial charge is 0.493 e. The molecule has 34 heavy (non-hydrogen) atoms. The van der Waals surface area contributed by atoms with Gasteiger partial charge in [0.15, 0.2) is 23.0 Å². The lowest BCUT2D eigenvalue weighted by atomic mass is 10.0. The number of non-ortho nitro benzene ring substituents is 1. The van der Waals surface area contributed by atoms with Crippen molar-refractivity contribution in [2.75, 3.05) is 20.8 Å². The molecule has 0 aliphatic heterocycles. The molecule has 0 aliphatic rings. The van der Waals surface area contributed by atoms with Crippen molar-refractivity contribution in [2.24, 2.45) is 0 Å². The van der Waals surface area contributed by atoms with Crippen LogP contribution in [0.4, 0.5) is 5.69 Å². The number of ether oxygens (including phenoxy) is 4. The molecule has 0 saturated carbocycles. The normalized spacial score (nSPS) is 10.8. The maximum atomic E-state index is 10.8. The number of hydrogen-bond donors (Lipinski definition) is 0. The Morgan fingerprint density at radius 2 is 1.65 bits per heavy atom. The van der Waals surface area contributed by atoms with Gasteiger partial charge in [0.25, 0.3) is 5.69 Å². The van der Waals surface area contributed by atoms with Crippen LogP contribution >= 0.6 is 0 Å². The Balaban J connectivity index is 1.84. The van der Waals surface area contributed by atoms with E-state index >= 15 is 0 Å². The van der Waals surface area contributed by atoms with Crippen molar-refractivity contribution < 1.29 is 23.9 Å². The molecule has 3 rings (SSSR count). The van der Waals surface area contributed by atoms with Crippen molar-refractivity contribution in [3.05, 3.63) is 87.5 Å². The Morgan fingerprint density at radius 3 is 2.26 bits per heavy atom. The fraction of sp³-hybridized carbons (Fsp3) is 0.192. The van der Waals surface area contributed by atoms with E-state index < -0.39 is 4.92 Å². The Hall–Kier alpha value is -4.51.